The molecule has 0 unspecified atom stereocenters. The van der Waals surface area contributed by atoms with E-state index in [2.05, 4.69) is 20.6 Å². The number of guanidine groups is 1. The summed E-state index contributed by atoms with van der Waals surface area (Å²) in [7, 11) is 0. The van der Waals surface area contributed by atoms with Crippen molar-refractivity contribution >= 4 is 5.96 Å². The minimum atomic E-state index is -4.20. The van der Waals surface area contributed by atoms with Crippen LogP contribution < -0.4 is 15.4 Å². The first-order valence-electron chi connectivity index (χ1n) is 9.06. The number of aromatic nitrogens is 1. The van der Waals surface area contributed by atoms with Gasteiger partial charge in [0.2, 0.25) is 5.88 Å². The second-order valence-electron chi connectivity index (χ2n) is 6.34. The average Bonchev–Trinajstić information content (AvgIpc) is 2.62. The van der Waals surface area contributed by atoms with Gasteiger partial charge in [-0.3, -0.25) is 0 Å². The van der Waals surface area contributed by atoms with Gasteiger partial charge in [-0.1, -0.05) is 6.07 Å². The van der Waals surface area contributed by atoms with Gasteiger partial charge in [0, 0.05) is 25.4 Å². The lowest BCUT2D eigenvalue weighted by Crippen LogP contribution is -2.38. The van der Waals surface area contributed by atoms with Crippen molar-refractivity contribution in [1.82, 2.24) is 15.6 Å². The first kappa shape index (κ1) is 21.5. The van der Waals surface area contributed by atoms with Crippen LogP contribution in [0.2, 0.25) is 0 Å². The van der Waals surface area contributed by atoms with Crippen molar-refractivity contribution in [3.8, 4) is 11.6 Å². The average molecular weight is 394 g/mol. The van der Waals surface area contributed by atoms with Gasteiger partial charge in [-0.25, -0.2) is 9.98 Å². The Bertz CT molecular complexity index is 806. The van der Waals surface area contributed by atoms with Gasteiger partial charge in [0.15, 0.2) is 5.96 Å². The maximum atomic E-state index is 12.3. The Morgan fingerprint density at radius 2 is 1.89 bits per heavy atom. The quantitative estimate of drug-likeness (QED) is 0.536. The van der Waals surface area contributed by atoms with Gasteiger partial charge in [0.1, 0.15) is 5.75 Å². The van der Waals surface area contributed by atoms with Crippen molar-refractivity contribution < 1.29 is 17.9 Å². The van der Waals surface area contributed by atoms with Crippen molar-refractivity contribution in [2.75, 3.05) is 13.1 Å². The van der Waals surface area contributed by atoms with E-state index in [9.17, 15) is 13.2 Å². The Morgan fingerprint density at radius 1 is 1.11 bits per heavy atom. The third-order valence-corrected chi connectivity index (χ3v) is 3.96. The van der Waals surface area contributed by atoms with E-state index in [0.29, 0.717) is 24.1 Å². The van der Waals surface area contributed by atoms with Crippen LogP contribution in [-0.2, 0) is 6.54 Å². The van der Waals surface area contributed by atoms with Gasteiger partial charge in [-0.2, -0.15) is 13.2 Å². The van der Waals surface area contributed by atoms with Crippen LogP contribution in [0, 0.1) is 13.8 Å². The highest BCUT2D eigenvalue weighted by atomic mass is 19.4. The van der Waals surface area contributed by atoms with Crippen LogP contribution in [0.3, 0.4) is 0 Å². The summed E-state index contributed by atoms with van der Waals surface area (Å²) in [6.07, 6.45) is -3.50. The third kappa shape index (κ3) is 7.46. The molecule has 0 aliphatic rings. The number of rotatable bonds is 7. The predicted octanol–water partition coefficient (Wildman–Crippen LogP) is 4.50. The van der Waals surface area contributed by atoms with E-state index >= 15 is 0 Å². The minimum Gasteiger partial charge on any atom is -0.439 e. The Balaban J connectivity index is 2.01. The molecule has 2 rings (SSSR count). The molecule has 0 radical (unpaired) electrons. The van der Waals surface area contributed by atoms with E-state index in [0.717, 1.165) is 11.1 Å². The summed E-state index contributed by atoms with van der Waals surface area (Å²) in [6.45, 7) is 6.49. The number of ether oxygens (including phenoxy) is 1. The topological polar surface area (TPSA) is 58.5 Å². The predicted molar refractivity (Wildman–Crippen MR) is 104 cm³/mol. The number of nitrogens with one attached hydrogen (secondary N) is 2. The molecule has 8 heteroatoms. The van der Waals surface area contributed by atoms with Crippen molar-refractivity contribution in [3.63, 3.8) is 0 Å². The Labute approximate surface area is 163 Å². The standard InChI is InChI=1S/C20H25F3N4O/c1-4-24-19(26-10-8-20(21,22)23)27-13-16-7-9-25-18(12-16)28-17-6-5-14(2)15(3)11-17/h5-7,9,11-12H,4,8,10,13H2,1-3H3,(H2,24,26,27). The zero-order valence-corrected chi connectivity index (χ0v) is 16.2. The number of hydrogen-bond donors (Lipinski definition) is 2. The number of hydrogen-bond acceptors (Lipinski definition) is 3. The van der Waals surface area contributed by atoms with Crippen LogP contribution in [0.15, 0.2) is 41.5 Å². The van der Waals surface area contributed by atoms with Gasteiger partial charge in [0.25, 0.3) is 0 Å². The summed E-state index contributed by atoms with van der Waals surface area (Å²) >= 11 is 0. The van der Waals surface area contributed by atoms with Crippen molar-refractivity contribution in [1.29, 1.82) is 0 Å². The normalized spacial score (nSPS) is 12.0. The Hall–Kier alpha value is -2.77. The van der Waals surface area contributed by atoms with E-state index in [4.69, 9.17) is 4.74 Å². The number of benzene rings is 1. The van der Waals surface area contributed by atoms with Gasteiger partial charge < -0.3 is 15.4 Å². The zero-order chi connectivity index (χ0) is 20.6. The first-order chi connectivity index (χ1) is 13.3. The molecule has 5 nitrogen and oxygen atoms in total. The molecule has 0 saturated carbocycles. The number of pyridine rings is 1. The van der Waals surface area contributed by atoms with Crippen LogP contribution in [0.4, 0.5) is 13.2 Å². The molecule has 0 saturated heterocycles. The second kappa shape index (κ2) is 9.96. The molecule has 152 valence electrons. The smallest absolute Gasteiger partial charge is 0.390 e. The maximum Gasteiger partial charge on any atom is 0.390 e. The van der Waals surface area contributed by atoms with Crippen LogP contribution in [-0.4, -0.2) is 30.2 Å². The minimum absolute atomic E-state index is 0.229. The lowest BCUT2D eigenvalue weighted by molar-refractivity contribution is -0.132. The fourth-order valence-electron chi connectivity index (χ4n) is 2.34. The lowest BCUT2D eigenvalue weighted by atomic mass is 10.1. The zero-order valence-electron chi connectivity index (χ0n) is 16.2. The van der Waals surface area contributed by atoms with E-state index in [-0.39, 0.29) is 13.1 Å². The summed E-state index contributed by atoms with van der Waals surface area (Å²) in [5.41, 5.74) is 3.14. The van der Waals surface area contributed by atoms with Crippen LogP contribution in [0.25, 0.3) is 0 Å². The highest BCUT2D eigenvalue weighted by Gasteiger charge is 2.26. The van der Waals surface area contributed by atoms with Gasteiger partial charge >= 0.3 is 6.18 Å². The molecule has 0 aliphatic carbocycles. The SMILES string of the molecule is CCNC(=NCc1ccnc(Oc2ccc(C)c(C)c2)c1)NCCC(F)(F)F. The monoisotopic (exact) mass is 394 g/mol. The molecular formula is C20H25F3N4O. The van der Waals surface area contributed by atoms with Crippen LogP contribution in [0.1, 0.15) is 30.0 Å². The first-order valence-corrected chi connectivity index (χ1v) is 9.06. The molecule has 0 aliphatic heterocycles. The molecule has 0 atom stereocenters. The molecule has 28 heavy (non-hydrogen) atoms. The molecule has 0 amide bonds. The van der Waals surface area contributed by atoms with Gasteiger partial charge in [0.05, 0.1) is 13.0 Å². The van der Waals surface area contributed by atoms with Gasteiger partial charge in [-0.05, 0) is 55.7 Å². The summed E-state index contributed by atoms with van der Waals surface area (Å²) in [5, 5.41) is 5.62. The Morgan fingerprint density at radius 3 is 2.57 bits per heavy atom. The summed E-state index contributed by atoms with van der Waals surface area (Å²) in [6, 6.07) is 9.35. The number of aliphatic imine (C=N–C) groups is 1. The molecule has 0 bridgehead atoms. The van der Waals surface area contributed by atoms with Crippen molar-refractivity contribution in [2.45, 2.75) is 39.9 Å². The highest BCUT2D eigenvalue weighted by molar-refractivity contribution is 5.79. The number of alkyl halides is 3. The van der Waals surface area contributed by atoms with Crippen molar-refractivity contribution in [3.05, 3.63) is 53.2 Å². The molecule has 1 heterocycles. The maximum absolute atomic E-state index is 12.3. The van der Waals surface area contributed by atoms with E-state index in [1.165, 1.54) is 5.56 Å². The molecule has 0 fully saturated rings. The van der Waals surface area contributed by atoms with E-state index in [1.54, 1.807) is 18.3 Å². The number of aryl methyl sites for hydroxylation is 2. The summed E-state index contributed by atoms with van der Waals surface area (Å²) in [5.74, 6) is 1.46. The van der Waals surface area contributed by atoms with Crippen LogP contribution in [0.5, 0.6) is 11.6 Å². The molecular weight excluding hydrogens is 369 g/mol. The molecule has 1 aromatic heterocycles. The largest absolute Gasteiger partial charge is 0.439 e. The fraction of sp³-hybridized carbons (Fsp3) is 0.400. The fourth-order valence-corrected chi connectivity index (χ4v) is 2.34. The molecule has 0 spiro atoms. The van der Waals surface area contributed by atoms with Crippen LogP contribution >= 0.6 is 0 Å². The number of nitrogens with zero attached hydrogens (tertiary/aromatic N) is 2. The molecule has 1 aromatic carbocycles. The molecule has 2 N–H and O–H groups in total. The Kier molecular flexibility index (Phi) is 7.66. The third-order valence-electron chi connectivity index (χ3n) is 3.96. The van der Waals surface area contributed by atoms with E-state index in [1.807, 2.05) is 39.0 Å². The number of halogens is 3. The summed E-state index contributed by atoms with van der Waals surface area (Å²) in [4.78, 5) is 8.52. The summed E-state index contributed by atoms with van der Waals surface area (Å²) < 4.78 is 42.7. The lowest BCUT2D eigenvalue weighted by Gasteiger charge is -2.12. The second-order valence-corrected chi connectivity index (χ2v) is 6.34. The highest BCUT2D eigenvalue weighted by Crippen LogP contribution is 2.23. The van der Waals surface area contributed by atoms with Crippen molar-refractivity contribution in [2.24, 2.45) is 4.99 Å². The van der Waals surface area contributed by atoms with E-state index < -0.39 is 12.6 Å². The van der Waals surface area contributed by atoms with Gasteiger partial charge in [-0.15, -0.1) is 0 Å². The molecule has 2 aromatic rings.